The molecule has 2 atom stereocenters. The van der Waals surface area contributed by atoms with Crippen LogP contribution < -0.4 is 9.47 Å². The van der Waals surface area contributed by atoms with E-state index < -0.39 is 35.3 Å². The van der Waals surface area contributed by atoms with E-state index in [2.05, 4.69) is 6.92 Å². The van der Waals surface area contributed by atoms with E-state index in [1.54, 1.807) is 19.1 Å². The zero-order valence-electron chi connectivity index (χ0n) is 24.4. The van der Waals surface area contributed by atoms with Crippen molar-refractivity contribution in [2.45, 2.75) is 110 Å². The Bertz CT molecular complexity index is 1110. The molecular weight excluding hydrogens is 533 g/mol. The lowest BCUT2D eigenvalue weighted by atomic mass is 9.82. The highest BCUT2D eigenvalue weighted by Gasteiger charge is 2.30. The molecule has 0 radical (unpaired) electrons. The number of benzene rings is 2. The van der Waals surface area contributed by atoms with Gasteiger partial charge in [-0.05, 0) is 73.8 Å². The fourth-order valence-corrected chi connectivity index (χ4v) is 5.02. The predicted octanol–water partition coefficient (Wildman–Crippen LogP) is 8.88. The quantitative estimate of drug-likeness (QED) is 0.120. The molecule has 0 aliphatic heterocycles. The van der Waals surface area contributed by atoms with Crippen molar-refractivity contribution in [3.63, 3.8) is 0 Å². The predicted molar refractivity (Wildman–Crippen MR) is 152 cm³/mol. The summed E-state index contributed by atoms with van der Waals surface area (Å²) in [6.07, 6.45) is 7.81. The largest absolute Gasteiger partial charge is 0.490 e. The van der Waals surface area contributed by atoms with Gasteiger partial charge in [0.25, 0.3) is 0 Å². The second kappa shape index (κ2) is 16.4. The van der Waals surface area contributed by atoms with E-state index in [4.69, 9.17) is 14.2 Å². The number of hydrogen-bond acceptors (Lipinski definition) is 5. The zero-order valence-corrected chi connectivity index (χ0v) is 24.4. The highest BCUT2D eigenvalue weighted by Crippen LogP contribution is 2.35. The van der Waals surface area contributed by atoms with Crippen LogP contribution in [0.3, 0.4) is 0 Å². The molecule has 1 aliphatic rings. The second-order valence-electron chi connectivity index (χ2n) is 11.0. The van der Waals surface area contributed by atoms with E-state index in [9.17, 15) is 22.8 Å². The Labute approximate surface area is 241 Å². The van der Waals surface area contributed by atoms with Gasteiger partial charge in [0.15, 0.2) is 17.7 Å². The van der Waals surface area contributed by atoms with Gasteiger partial charge in [-0.3, -0.25) is 0 Å². The van der Waals surface area contributed by atoms with Gasteiger partial charge in [-0.25, -0.2) is 18.4 Å². The van der Waals surface area contributed by atoms with Gasteiger partial charge < -0.3 is 14.2 Å². The maximum Gasteiger partial charge on any atom is 0.346 e. The summed E-state index contributed by atoms with van der Waals surface area (Å²) in [6, 6.07) is 9.31. The number of rotatable bonds is 15. The molecule has 0 bridgehead atoms. The average molecular weight is 577 g/mol. The van der Waals surface area contributed by atoms with Crippen molar-refractivity contribution in [1.82, 2.24) is 0 Å². The summed E-state index contributed by atoms with van der Waals surface area (Å²) < 4.78 is 59.4. The van der Waals surface area contributed by atoms with Crippen LogP contribution in [0.5, 0.6) is 11.5 Å². The first-order chi connectivity index (χ1) is 19.7. The van der Waals surface area contributed by atoms with Crippen LogP contribution in [0, 0.1) is 17.6 Å². The fourth-order valence-electron chi connectivity index (χ4n) is 5.02. The number of ether oxygens (including phenoxy) is 3. The Morgan fingerprint density at radius 1 is 0.878 bits per heavy atom. The van der Waals surface area contributed by atoms with Crippen molar-refractivity contribution in [2.24, 2.45) is 5.92 Å². The normalized spacial score (nSPS) is 18.4. The van der Waals surface area contributed by atoms with Gasteiger partial charge in [-0.1, -0.05) is 71.4 Å². The Morgan fingerprint density at radius 2 is 1.54 bits per heavy atom. The zero-order chi connectivity index (χ0) is 29.8. The lowest BCUT2D eigenvalue weighted by molar-refractivity contribution is -0.158. The first kappa shape index (κ1) is 32.5. The highest BCUT2D eigenvalue weighted by atomic mass is 19.2. The molecule has 2 aromatic carbocycles. The van der Waals surface area contributed by atoms with E-state index in [-0.39, 0.29) is 36.0 Å². The minimum absolute atomic E-state index is 0.212. The number of hydrogen-bond donors (Lipinski definition) is 0. The Morgan fingerprint density at radius 3 is 2.20 bits per heavy atom. The number of carbonyl (C=O) groups excluding carboxylic acids is 2. The van der Waals surface area contributed by atoms with E-state index in [1.165, 1.54) is 18.6 Å². The molecule has 2 aromatic rings. The Balaban J connectivity index is 1.47. The van der Waals surface area contributed by atoms with Gasteiger partial charge in [-0.2, -0.15) is 4.39 Å². The number of halogens is 3. The number of alkyl halides is 1. The first-order valence-electron chi connectivity index (χ1n) is 15.0. The molecule has 1 aliphatic carbocycles. The molecule has 8 heteroatoms. The average Bonchev–Trinajstić information content (AvgIpc) is 2.98. The van der Waals surface area contributed by atoms with Gasteiger partial charge in [0.1, 0.15) is 11.9 Å². The highest BCUT2D eigenvalue weighted by molar-refractivity contribution is 5.91. The molecule has 0 heterocycles. The third kappa shape index (κ3) is 9.50. The molecule has 0 amide bonds. The van der Waals surface area contributed by atoms with Gasteiger partial charge in [0, 0.05) is 0 Å². The standard InChI is InChI=1S/C33H43F3O5/c1-4-6-7-8-9-10-21-39-28-20-19-27(30(35)31(28)36)32(37)40-25-15-11-23(12-16-25)24-13-17-26(18-14-24)41-33(38)29(34)22(3)5-2/h11-12,15-16,19-20,22,24,26,29H,4-10,13-14,17-18,21H2,1-3H3/t22-,24-,26-,29-/m0/s1. The summed E-state index contributed by atoms with van der Waals surface area (Å²) in [5.74, 6) is -4.43. The van der Waals surface area contributed by atoms with Crippen LogP contribution in [0.1, 0.15) is 113 Å². The van der Waals surface area contributed by atoms with E-state index in [0.717, 1.165) is 50.5 Å². The number of esters is 2. The summed E-state index contributed by atoms with van der Waals surface area (Å²) in [6.45, 7) is 5.96. The van der Waals surface area contributed by atoms with Crippen LogP contribution in [-0.2, 0) is 9.53 Å². The van der Waals surface area contributed by atoms with Crippen molar-refractivity contribution >= 4 is 11.9 Å². The maximum atomic E-state index is 14.6. The molecule has 0 saturated heterocycles. The van der Waals surface area contributed by atoms with Crippen molar-refractivity contribution in [3.05, 3.63) is 59.2 Å². The monoisotopic (exact) mass is 576 g/mol. The van der Waals surface area contributed by atoms with E-state index in [1.807, 2.05) is 19.1 Å². The summed E-state index contributed by atoms with van der Waals surface area (Å²) in [4.78, 5) is 24.6. The molecule has 41 heavy (non-hydrogen) atoms. The van der Waals surface area contributed by atoms with Crippen LogP contribution in [0.15, 0.2) is 36.4 Å². The minimum Gasteiger partial charge on any atom is -0.490 e. The maximum absolute atomic E-state index is 14.6. The second-order valence-corrected chi connectivity index (χ2v) is 11.0. The van der Waals surface area contributed by atoms with Crippen molar-refractivity contribution in [3.8, 4) is 11.5 Å². The molecule has 1 saturated carbocycles. The van der Waals surface area contributed by atoms with Gasteiger partial charge in [0.2, 0.25) is 5.82 Å². The summed E-state index contributed by atoms with van der Waals surface area (Å²) in [7, 11) is 0. The van der Waals surface area contributed by atoms with Crippen molar-refractivity contribution < 1.29 is 37.0 Å². The summed E-state index contributed by atoms with van der Waals surface area (Å²) in [5.41, 5.74) is 0.525. The van der Waals surface area contributed by atoms with Crippen molar-refractivity contribution in [2.75, 3.05) is 6.61 Å². The van der Waals surface area contributed by atoms with Crippen LogP contribution in [0.25, 0.3) is 0 Å². The van der Waals surface area contributed by atoms with Crippen LogP contribution in [-0.4, -0.2) is 30.8 Å². The molecule has 226 valence electrons. The molecule has 3 rings (SSSR count). The minimum atomic E-state index is -1.60. The van der Waals surface area contributed by atoms with E-state index in [0.29, 0.717) is 19.3 Å². The van der Waals surface area contributed by atoms with Crippen LogP contribution in [0.4, 0.5) is 13.2 Å². The van der Waals surface area contributed by atoms with Gasteiger partial charge in [0.05, 0.1) is 12.2 Å². The SMILES string of the molecule is CCCCCCCCOc1ccc(C(=O)Oc2ccc([C@H]3CC[C@H](OC(=O)[C@@H](F)[C@@H](C)CC)CC3)cc2)c(F)c1F. The summed E-state index contributed by atoms with van der Waals surface area (Å²) >= 11 is 0. The number of carbonyl (C=O) groups is 2. The van der Waals surface area contributed by atoms with Gasteiger partial charge in [-0.15, -0.1) is 0 Å². The smallest absolute Gasteiger partial charge is 0.346 e. The topological polar surface area (TPSA) is 61.8 Å². The van der Waals surface area contributed by atoms with Crippen LogP contribution >= 0.6 is 0 Å². The molecule has 0 unspecified atom stereocenters. The lowest BCUT2D eigenvalue weighted by Crippen LogP contribution is -2.31. The molecule has 5 nitrogen and oxygen atoms in total. The number of unbranched alkanes of at least 4 members (excludes halogenated alkanes) is 5. The molecular formula is C33H43F3O5. The summed E-state index contributed by atoms with van der Waals surface area (Å²) in [5, 5.41) is 0. The Hall–Kier alpha value is -3.03. The molecule has 0 spiro atoms. The molecule has 0 aromatic heterocycles. The Kier molecular flexibility index (Phi) is 13.0. The third-order valence-corrected chi connectivity index (χ3v) is 7.91. The molecule has 0 N–H and O–H groups in total. The van der Waals surface area contributed by atoms with Crippen molar-refractivity contribution in [1.29, 1.82) is 0 Å². The van der Waals surface area contributed by atoms with Gasteiger partial charge >= 0.3 is 11.9 Å². The molecule has 1 fully saturated rings. The van der Waals surface area contributed by atoms with E-state index >= 15 is 0 Å². The van der Waals surface area contributed by atoms with Crippen LogP contribution in [0.2, 0.25) is 0 Å². The lowest BCUT2D eigenvalue weighted by Gasteiger charge is -2.29. The third-order valence-electron chi connectivity index (χ3n) is 7.91. The fraction of sp³-hybridized carbons (Fsp3) is 0.576. The first-order valence-corrected chi connectivity index (χ1v) is 15.0.